The molecule has 1 amide bonds. The van der Waals surface area contributed by atoms with Gasteiger partial charge in [0.05, 0.1) is 17.1 Å². The van der Waals surface area contributed by atoms with E-state index in [9.17, 15) is 4.79 Å². The van der Waals surface area contributed by atoms with E-state index in [1.807, 2.05) is 20.9 Å². The minimum Gasteiger partial charge on any atom is -0.330 e. The number of hydrogen-bond acceptors (Lipinski definition) is 3. The molecular formula is C14H24N4O. The SMILES string of the molecule is Cc1nn(C)c(C)c1NC(=O)C1CCCCC1CN. The maximum atomic E-state index is 12.4. The van der Waals surface area contributed by atoms with E-state index in [-0.39, 0.29) is 11.8 Å². The molecule has 0 aliphatic heterocycles. The zero-order valence-electron chi connectivity index (χ0n) is 12.1. The summed E-state index contributed by atoms with van der Waals surface area (Å²) < 4.78 is 1.80. The third-order valence-electron chi connectivity index (χ3n) is 4.31. The average Bonchev–Trinajstić information content (AvgIpc) is 2.65. The molecule has 0 saturated heterocycles. The topological polar surface area (TPSA) is 72.9 Å². The van der Waals surface area contributed by atoms with E-state index >= 15 is 0 Å². The van der Waals surface area contributed by atoms with Crippen molar-refractivity contribution < 1.29 is 4.79 Å². The predicted molar refractivity (Wildman–Crippen MR) is 75.8 cm³/mol. The van der Waals surface area contributed by atoms with Gasteiger partial charge in [0.1, 0.15) is 0 Å². The van der Waals surface area contributed by atoms with Gasteiger partial charge in [-0.25, -0.2) is 0 Å². The summed E-state index contributed by atoms with van der Waals surface area (Å²) in [6.07, 6.45) is 4.34. The fourth-order valence-electron chi connectivity index (χ4n) is 3.01. The van der Waals surface area contributed by atoms with E-state index in [4.69, 9.17) is 5.73 Å². The molecular weight excluding hydrogens is 240 g/mol. The molecule has 2 rings (SSSR count). The first kappa shape index (κ1) is 14.1. The van der Waals surface area contributed by atoms with Gasteiger partial charge in [0.15, 0.2) is 0 Å². The Morgan fingerprint density at radius 3 is 2.68 bits per heavy atom. The summed E-state index contributed by atoms with van der Waals surface area (Å²) in [5.41, 5.74) is 8.51. The molecule has 2 unspecified atom stereocenters. The lowest BCUT2D eigenvalue weighted by molar-refractivity contribution is -0.122. The molecule has 1 fully saturated rings. The smallest absolute Gasteiger partial charge is 0.227 e. The van der Waals surface area contributed by atoms with Crippen molar-refractivity contribution in [2.75, 3.05) is 11.9 Å². The van der Waals surface area contributed by atoms with Gasteiger partial charge in [0.25, 0.3) is 0 Å². The molecule has 106 valence electrons. The highest BCUT2D eigenvalue weighted by molar-refractivity contribution is 5.93. The van der Waals surface area contributed by atoms with Gasteiger partial charge in [0.2, 0.25) is 5.91 Å². The van der Waals surface area contributed by atoms with Gasteiger partial charge in [0, 0.05) is 13.0 Å². The van der Waals surface area contributed by atoms with Crippen LogP contribution in [0.15, 0.2) is 0 Å². The molecule has 1 saturated carbocycles. The van der Waals surface area contributed by atoms with Crippen LogP contribution in [0, 0.1) is 25.7 Å². The molecule has 5 nitrogen and oxygen atoms in total. The van der Waals surface area contributed by atoms with Crippen LogP contribution in [0.3, 0.4) is 0 Å². The van der Waals surface area contributed by atoms with Gasteiger partial charge < -0.3 is 11.1 Å². The van der Waals surface area contributed by atoms with Crippen LogP contribution in [-0.4, -0.2) is 22.2 Å². The number of nitrogens with one attached hydrogen (secondary N) is 1. The first-order valence-corrected chi connectivity index (χ1v) is 7.05. The third-order valence-corrected chi connectivity index (χ3v) is 4.31. The largest absolute Gasteiger partial charge is 0.330 e. The molecule has 1 aliphatic rings. The summed E-state index contributed by atoms with van der Waals surface area (Å²) >= 11 is 0. The second-order valence-electron chi connectivity index (χ2n) is 5.55. The Labute approximate surface area is 114 Å². The number of hydrogen-bond donors (Lipinski definition) is 2. The standard InChI is InChI=1S/C14H24N4O/c1-9-13(10(2)18(3)17-9)16-14(19)12-7-5-4-6-11(12)8-15/h11-12H,4-8,15H2,1-3H3,(H,16,19). The van der Waals surface area contributed by atoms with Gasteiger partial charge in [-0.3, -0.25) is 9.48 Å². The van der Waals surface area contributed by atoms with E-state index in [1.165, 1.54) is 6.42 Å². The number of amides is 1. The fourth-order valence-corrected chi connectivity index (χ4v) is 3.01. The van der Waals surface area contributed by atoms with E-state index < -0.39 is 0 Å². The highest BCUT2D eigenvalue weighted by atomic mass is 16.1. The first-order valence-electron chi connectivity index (χ1n) is 7.05. The summed E-state index contributed by atoms with van der Waals surface area (Å²) in [6.45, 7) is 4.49. The molecule has 3 N–H and O–H groups in total. The van der Waals surface area contributed by atoms with Crippen molar-refractivity contribution >= 4 is 11.6 Å². The minimum absolute atomic E-state index is 0.0535. The zero-order valence-corrected chi connectivity index (χ0v) is 12.1. The summed E-state index contributed by atoms with van der Waals surface area (Å²) in [6, 6.07) is 0. The summed E-state index contributed by atoms with van der Waals surface area (Å²) in [7, 11) is 1.89. The van der Waals surface area contributed by atoms with Crippen LogP contribution < -0.4 is 11.1 Å². The van der Waals surface area contributed by atoms with E-state index in [2.05, 4.69) is 10.4 Å². The Morgan fingerprint density at radius 1 is 1.42 bits per heavy atom. The van der Waals surface area contributed by atoms with Crippen LogP contribution in [0.5, 0.6) is 0 Å². The zero-order chi connectivity index (χ0) is 14.0. The fraction of sp³-hybridized carbons (Fsp3) is 0.714. The molecule has 5 heteroatoms. The third kappa shape index (κ3) is 2.81. The molecule has 1 aromatic heterocycles. The van der Waals surface area contributed by atoms with Gasteiger partial charge in [-0.2, -0.15) is 5.10 Å². The molecule has 19 heavy (non-hydrogen) atoms. The molecule has 0 spiro atoms. The van der Waals surface area contributed by atoms with E-state index in [0.29, 0.717) is 12.5 Å². The number of aryl methyl sites for hydroxylation is 2. The van der Waals surface area contributed by atoms with Crippen LogP contribution in [0.1, 0.15) is 37.1 Å². The number of carbonyl (C=O) groups is 1. The number of aromatic nitrogens is 2. The maximum absolute atomic E-state index is 12.4. The van der Waals surface area contributed by atoms with Crippen LogP contribution in [0.4, 0.5) is 5.69 Å². The van der Waals surface area contributed by atoms with Crippen LogP contribution in [-0.2, 0) is 11.8 Å². The van der Waals surface area contributed by atoms with E-state index in [1.54, 1.807) is 4.68 Å². The molecule has 0 aromatic carbocycles. The van der Waals surface area contributed by atoms with Gasteiger partial charge >= 0.3 is 0 Å². The van der Waals surface area contributed by atoms with Crippen LogP contribution >= 0.6 is 0 Å². The van der Waals surface area contributed by atoms with Crippen molar-refractivity contribution in [2.45, 2.75) is 39.5 Å². The summed E-state index contributed by atoms with van der Waals surface area (Å²) in [4.78, 5) is 12.4. The van der Waals surface area contributed by atoms with Crippen molar-refractivity contribution in [3.05, 3.63) is 11.4 Å². The quantitative estimate of drug-likeness (QED) is 0.873. The van der Waals surface area contributed by atoms with Crippen LogP contribution in [0.25, 0.3) is 0 Å². The predicted octanol–water partition coefficient (Wildman–Crippen LogP) is 1.74. The van der Waals surface area contributed by atoms with E-state index in [0.717, 1.165) is 36.3 Å². The monoisotopic (exact) mass is 264 g/mol. The lowest BCUT2D eigenvalue weighted by Crippen LogP contribution is -2.35. The Hall–Kier alpha value is -1.36. The summed E-state index contributed by atoms with van der Waals surface area (Å²) in [5.74, 6) is 0.484. The Morgan fingerprint density at radius 2 is 2.11 bits per heavy atom. The Balaban J connectivity index is 2.11. The maximum Gasteiger partial charge on any atom is 0.227 e. The van der Waals surface area contributed by atoms with Gasteiger partial charge in [-0.05, 0) is 39.2 Å². The van der Waals surface area contributed by atoms with Crippen molar-refractivity contribution in [1.29, 1.82) is 0 Å². The lowest BCUT2D eigenvalue weighted by Gasteiger charge is -2.29. The molecule has 1 aromatic rings. The molecule has 0 bridgehead atoms. The Bertz CT molecular complexity index is 466. The molecule has 1 heterocycles. The second-order valence-corrected chi connectivity index (χ2v) is 5.55. The van der Waals surface area contributed by atoms with Crippen LogP contribution in [0.2, 0.25) is 0 Å². The lowest BCUT2D eigenvalue weighted by atomic mass is 9.78. The number of nitrogens with two attached hydrogens (primary N) is 1. The van der Waals surface area contributed by atoms with Crippen molar-refractivity contribution in [1.82, 2.24) is 9.78 Å². The minimum atomic E-state index is 0.0535. The first-order chi connectivity index (χ1) is 9.04. The number of nitrogens with zero attached hydrogens (tertiary/aromatic N) is 2. The number of anilines is 1. The summed E-state index contributed by atoms with van der Waals surface area (Å²) in [5, 5.41) is 7.38. The second kappa shape index (κ2) is 5.74. The molecule has 1 aliphatic carbocycles. The van der Waals surface area contributed by atoms with Crippen molar-refractivity contribution in [3.8, 4) is 0 Å². The molecule has 0 radical (unpaired) electrons. The highest BCUT2D eigenvalue weighted by Gasteiger charge is 2.30. The molecule has 2 atom stereocenters. The highest BCUT2D eigenvalue weighted by Crippen LogP contribution is 2.31. The number of rotatable bonds is 3. The normalized spacial score (nSPS) is 23.4. The van der Waals surface area contributed by atoms with Gasteiger partial charge in [-0.15, -0.1) is 0 Å². The van der Waals surface area contributed by atoms with Crippen molar-refractivity contribution in [3.63, 3.8) is 0 Å². The average molecular weight is 264 g/mol. The van der Waals surface area contributed by atoms with Crippen molar-refractivity contribution in [2.24, 2.45) is 24.6 Å². The number of carbonyl (C=O) groups excluding carboxylic acids is 1. The van der Waals surface area contributed by atoms with Gasteiger partial charge in [-0.1, -0.05) is 12.8 Å². The Kier molecular flexibility index (Phi) is 4.24.